The van der Waals surface area contributed by atoms with Gasteiger partial charge in [0.25, 0.3) is 0 Å². The number of carbonyl (C=O) groups excluding carboxylic acids is 1. The molecule has 1 aromatic carbocycles. The van der Waals surface area contributed by atoms with Crippen LogP contribution in [0.15, 0.2) is 24.3 Å². The van der Waals surface area contributed by atoms with E-state index >= 15 is 0 Å². The first kappa shape index (κ1) is 17.3. The largest absolute Gasteiger partial charge is 0.416 e. The zero-order chi connectivity index (χ0) is 16.0. The van der Waals surface area contributed by atoms with E-state index in [9.17, 15) is 18.0 Å². The van der Waals surface area contributed by atoms with Crippen LogP contribution in [0.4, 0.5) is 18.9 Å². The SMILES string of the molecule is CCC(CC)NC(=O)C(C)Nc1ccc(C(F)(F)F)cc1. The summed E-state index contributed by atoms with van der Waals surface area (Å²) in [4.78, 5) is 11.9. The number of rotatable bonds is 6. The van der Waals surface area contributed by atoms with E-state index in [1.165, 1.54) is 12.1 Å². The van der Waals surface area contributed by atoms with Gasteiger partial charge in [-0.1, -0.05) is 13.8 Å². The van der Waals surface area contributed by atoms with Crippen molar-refractivity contribution in [1.29, 1.82) is 0 Å². The van der Waals surface area contributed by atoms with E-state index in [1.807, 2.05) is 13.8 Å². The summed E-state index contributed by atoms with van der Waals surface area (Å²) in [5.74, 6) is -0.163. The van der Waals surface area contributed by atoms with Crippen LogP contribution in [-0.4, -0.2) is 18.0 Å². The molecule has 0 aliphatic rings. The topological polar surface area (TPSA) is 41.1 Å². The third-order valence-corrected chi connectivity index (χ3v) is 3.32. The highest BCUT2D eigenvalue weighted by Gasteiger charge is 2.30. The highest BCUT2D eigenvalue weighted by atomic mass is 19.4. The second-order valence-corrected chi connectivity index (χ2v) is 4.96. The lowest BCUT2D eigenvalue weighted by atomic mass is 10.1. The summed E-state index contributed by atoms with van der Waals surface area (Å²) >= 11 is 0. The third-order valence-electron chi connectivity index (χ3n) is 3.32. The molecule has 0 heterocycles. The molecule has 1 unspecified atom stereocenters. The average Bonchev–Trinajstić information content (AvgIpc) is 2.44. The number of alkyl halides is 3. The molecule has 1 aromatic rings. The minimum Gasteiger partial charge on any atom is -0.374 e. The summed E-state index contributed by atoms with van der Waals surface area (Å²) in [6.45, 7) is 5.65. The van der Waals surface area contributed by atoms with Crippen molar-refractivity contribution in [1.82, 2.24) is 5.32 Å². The Morgan fingerprint density at radius 3 is 2.10 bits per heavy atom. The van der Waals surface area contributed by atoms with Crippen LogP contribution in [0.5, 0.6) is 0 Å². The molecule has 1 atom stereocenters. The standard InChI is InChI=1S/C15H21F3N2O/c1-4-12(5-2)20-14(21)10(3)19-13-8-6-11(7-9-13)15(16,17)18/h6-10,12,19H,4-5H2,1-3H3,(H,20,21). The molecular formula is C15H21F3N2O. The number of hydrogen-bond donors (Lipinski definition) is 2. The van der Waals surface area contributed by atoms with Crippen molar-refractivity contribution in [2.45, 2.75) is 51.9 Å². The van der Waals surface area contributed by atoms with Crippen LogP contribution in [0.3, 0.4) is 0 Å². The molecule has 0 saturated heterocycles. The number of hydrogen-bond acceptors (Lipinski definition) is 2. The van der Waals surface area contributed by atoms with Gasteiger partial charge in [0.15, 0.2) is 0 Å². The molecule has 0 saturated carbocycles. The van der Waals surface area contributed by atoms with Gasteiger partial charge in [-0.15, -0.1) is 0 Å². The first-order valence-electron chi connectivity index (χ1n) is 7.02. The van der Waals surface area contributed by atoms with E-state index in [-0.39, 0.29) is 11.9 Å². The smallest absolute Gasteiger partial charge is 0.374 e. The predicted molar refractivity (Wildman–Crippen MR) is 77.0 cm³/mol. The Kier molecular flexibility index (Phi) is 6.05. The van der Waals surface area contributed by atoms with Gasteiger partial charge in [0.2, 0.25) is 5.91 Å². The number of anilines is 1. The zero-order valence-corrected chi connectivity index (χ0v) is 12.4. The van der Waals surface area contributed by atoms with Crippen LogP contribution in [0.1, 0.15) is 39.2 Å². The summed E-state index contributed by atoms with van der Waals surface area (Å²) in [6.07, 6.45) is -2.67. The Balaban J connectivity index is 2.62. The Morgan fingerprint density at radius 2 is 1.67 bits per heavy atom. The highest BCUT2D eigenvalue weighted by molar-refractivity contribution is 5.84. The van der Waals surface area contributed by atoms with Gasteiger partial charge < -0.3 is 10.6 Å². The van der Waals surface area contributed by atoms with Crippen molar-refractivity contribution in [3.63, 3.8) is 0 Å². The van der Waals surface area contributed by atoms with E-state index in [0.29, 0.717) is 5.69 Å². The van der Waals surface area contributed by atoms with E-state index in [1.54, 1.807) is 6.92 Å². The summed E-state index contributed by atoms with van der Waals surface area (Å²) in [6, 6.07) is 4.24. The zero-order valence-electron chi connectivity index (χ0n) is 12.4. The van der Waals surface area contributed by atoms with E-state index in [0.717, 1.165) is 25.0 Å². The fraction of sp³-hybridized carbons (Fsp3) is 0.533. The Hall–Kier alpha value is -1.72. The van der Waals surface area contributed by atoms with Crippen molar-refractivity contribution < 1.29 is 18.0 Å². The van der Waals surface area contributed by atoms with E-state index in [4.69, 9.17) is 0 Å². The van der Waals surface area contributed by atoms with Crippen molar-refractivity contribution >= 4 is 11.6 Å². The highest BCUT2D eigenvalue weighted by Crippen LogP contribution is 2.29. The third kappa shape index (κ3) is 5.28. The average molecular weight is 302 g/mol. The molecule has 6 heteroatoms. The van der Waals surface area contributed by atoms with Gasteiger partial charge in [0.05, 0.1) is 5.56 Å². The van der Waals surface area contributed by atoms with Crippen LogP contribution >= 0.6 is 0 Å². The Bertz CT molecular complexity index is 453. The maximum absolute atomic E-state index is 12.4. The van der Waals surface area contributed by atoms with Gasteiger partial charge in [0, 0.05) is 11.7 Å². The lowest BCUT2D eigenvalue weighted by molar-refractivity contribution is -0.137. The van der Waals surface area contributed by atoms with Gasteiger partial charge in [-0.05, 0) is 44.0 Å². The van der Waals surface area contributed by atoms with Crippen LogP contribution in [0, 0.1) is 0 Å². The maximum atomic E-state index is 12.4. The predicted octanol–water partition coefficient (Wildman–Crippen LogP) is 3.81. The van der Waals surface area contributed by atoms with Crippen LogP contribution < -0.4 is 10.6 Å². The van der Waals surface area contributed by atoms with E-state index in [2.05, 4.69) is 10.6 Å². The van der Waals surface area contributed by atoms with Gasteiger partial charge >= 0.3 is 6.18 Å². The molecule has 0 aliphatic carbocycles. The lowest BCUT2D eigenvalue weighted by Gasteiger charge is -2.20. The van der Waals surface area contributed by atoms with Gasteiger partial charge in [-0.25, -0.2) is 0 Å². The quantitative estimate of drug-likeness (QED) is 0.839. The molecule has 0 fully saturated rings. The number of benzene rings is 1. The molecule has 1 rings (SSSR count). The second-order valence-electron chi connectivity index (χ2n) is 4.96. The van der Waals surface area contributed by atoms with Crippen molar-refractivity contribution in [3.05, 3.63) is 29.8 Å². The van der Waals surface area contributed by atoms with Gasteiger partial charge in [-0.3, -0.25) is 4.79 Å². The number of halogens is 3. The maximum Gasteiger partial charge on any atom is 0.416 e. The monoisotopic (exact) mass is 302 g/mol. The summed E-state index contributed by atoms with van der Waals surface area (Å²) in [5, 5.41) is 5.79. The fourth-order valence-electron chi connectivity index (χ4n) is 1.89. The number of carbonyl (C=O) groups is 1. The van der Waals surface area contributed by atoms with Crippen LogP contribution in [0.2, 0.25) is 0 Å². The molecule has 0 radical (unpaired) electrons. The molecule has 0 aromatic heterocycles. The van der Waals surface area contributed by atoms with Crippen molar-refractivity contribution in [2.24, 2.45) is 0 Å². The number of nitrogens with one attached hydrogen (secondary N) is 2. The van der Waals surface area contributed by atoms with Crippen LogP contribution in [0.25, 0.3) is 0 Å². The molecular weight excluding hydrogens is 281 g/mol. The normalized spacial score (nSPS) is 13.1. The molecule has 0 spiro atoms. The summed E-state index contributed by atoms with van der Waals surface area (Å²) < 4.78 is 37.3. The van der Waals surface area contributed by atoms with Crippen LogP contribution in [-0.2, 0) is 11.0 Å². The Labute approximate surface area is 122 Å². The molecule has 0 bridgehead atoms. The minimum absolute atomic E-state index is 0.120. The molecule has 0 aliphatic heterocycles. The van der Waals surface area contributed by atoms with E-state index < -0.39 is 17.8 Å². The minimum atomic E-state index is -4.35. The van der Waals surface area contributed by atoms with Gasteiger partial charge in [-0.2, -0.15) is 13.2 Å². The Morgan fingerprint density at radius 1 is 1.14 bits per heavy atom. The first-order valence-corrected chi connectivity index (χ1v) is 7.02. The molecule has 1 amide bonds. The van der Waals surface area contributed by atoms with Crippen molar-refractivity contribution in [2.75, 3.05) is 5.32 Å². The molecule has 3 nitrogen and oxygen atoms in total. The van der Waals surface area contributed by atoms with Gasteiger partial charge in [0.1, 0.15) is 6.04 Å². The molecule has 21 heavy (non-hydrogen) atoms. The summed E-state index contributed by atoms with van der Waals surface area (Å²) in [7, 11) is 0. The fourth-order valence-corrected chi connectivity index (χ4v) is 1.89. The van der Waals surface area contributed by atoms with Crippen molar-refractivity contribution in [3.8, 4) is 0 Å². The summed E-state index contributed by atoms with van der Waals surface area (Å²) in [5.41, 5.74) is -0.225. The molecule has 2 N–H and O–H groups in total. The lowest BCUT2D eigenvalue weighted by Crippen LogP contribution is -2.42. The second kappa shape index (κ2) is 7.33. The number of amides is 1. The molecule has 118 valence electrons. The first-order chi connectivity index (χ1) is 9.77.